The molecule has 1 aliphatic heterocycles. The predicted molar refractivity (Wildman–Crippen MR) is 88.2 cm³/mol. The first-order valence-corrected chi connectivity index (χ1v) is 9.08. The van der Waals surface area contributed by atoms with E-state index in [9.17, 15) is 0 Å². The van der Waals surface area contributed by atoms with Crippen molar-refractivity contribution in [2.24, 2.45) is 0 Å². The Balaban J connectivity index is 1.83. The van der Waals surface area contributed by atoms with Crippen LogP contribution in [0.3, 0.4) is 0 Å². The molecular formula is C18H36N2. The Morgan fingerprint density at radius 3 is 2.35 bits per heavy atom. The van der Waals surface area contributed by atoms with Crippen LogP contribution < -0.4 is 5.32 Å². The summed E-state index contributed by atoms with van der Waals surface area (Å²) >= 11 is 0. The van der Waals surface area contributed by atoms with Crippen LogP contribution in [0.2, 0.25) is 0 Å². The Labute approximate surface area is 126 Å². The third-order valence-electron chi connectivity index (χ3n) is 5.59. The molecule has 0 radical (unpaired) electrons. The van der Waals surface area contributed by atoms with Gasteiger partial charge in [0, 0.05) is 24.2 Å². The fourth-order valence-electron chi connectivity index (χ4n) is 4.00. The number of piperazine rings is 1. The zero-order chi connectivity index (χ0) is 14.5. The molecular weight excluding hydrogens is 244 g/mol. The van der Waals surface area contributed by atoms with E-state index in [2.05, 4.69) is 31.0 Å². The summed E-state index contributed by atoms with van der Waals surface area (Å²) in [7, 11) is 0. The van der Waals surface area contributed by atoms with Crippen molar-refractivity contribution in [1.82, 2.24) is 10.2 Å². The molecule has 2 rings (SSSR count). The van der Waals surface area contributed by atoms with Gasteiger partial charge in [-0.3, -0.25) is 4.90 Å². The van der Waals surface area contributed by atoms with Gasteiger partial charge >= 0.3 is 0 Å². The number of nitrogens with one attached hydrogen (secondary N) is 1. The molecule has 1 heterocycles. The van der Waals surface area contributed by atoms with Crippen molar-refractivity contribution < 1.29 is 0 Å². The van der Waals surface area contributed by atoms with Gasteiger partial charge in [0.2, 0.25) is 0 Å². The first-order chi connectivity index (χ1) is 9.58. The number of nitrogens with zero attached hydrogens (tertiary/aromatic N) is 1. The second-order valence-corrected chi connectivity index (χ2v) is 7.84. The van der Waals surface area contributed by atoms with Gasteiger partial charge in [-0.25, -0.2) is 0 Å². The minimum atomic E-state index is 0.341. The highest BCUT2D eigenvalue weighted by molar-refractivity contribution is 5.02. The van der Waals surface area contributed by atoms with E-state index in [1.807, 2.05) is 0 Å². The average Bonchev–Trinajstić information content (AvgIpc) is 2.44. The molecule has 0 aromatic rings. The van der Waals surface area contributed by atoms with Crippen LogP contribution in [0, 0.1) is 0 Å². The lowest BCUT2D eigenvalue weighted by molar-refractivity contribution is 0.00977. The Morgan fingerprint density at radius 2 is 1.65 bits per heavy atom. The highest BCUT2D eigenvalue weighted by Gasteiger charge is 2.42. The lowest BCUT2D eigenvalue weighted by Crippen LogP contribution is -2.68. The van der Waals surface area contributed by atoms with E-state index in [1.54, 1.807) is 0 Å². The van der Waals surface area contributed by atoms with Crippen LogP contribution in [0.15, 0.2) is 0 Å². The zero-order valence-electron chi connectivity index (χ0n) is 14.1. The standard InChI is InChI=1S/C18H36N2/c1-4-5-6-7-11-14-20-16-18(12-9-8-10-13-18)19-15-17(20,2)3/h19H,4-16H2,1-3H3. The van der Waals surface area contributed by atoms with Gasteiger partial charge in [0.15, 0.2) is 0 Å². The minimum Gasteiger partial charge on any atom is -0.308 e. The van der Waals surface area contributed by atoms with E-state index >= 15 is 0 Å². The number of rotatable bonds is 6. The van der Waals surface area contributed by atoms with Gasteiger partial charge in [-0.1, -0.05) is 51.9 Å². The highest BCUT2D eigenvalue weighted by atomic mass is 15.3. The Kier molecular flexibility index (Phi) is 5.92. The largest absolute Gasteiger partial charge is 0.308 e. The van der Waals surface area contributed by atoms with Gasteiger partial charge in [0.05, 0.1) is 0 Å². The van der Waals surface area contributed by atoms with Gasteiger partial charge in [-0.05, 0) is 39.7 Å². The molecule has 2 aliphatic rings. The van der Waals surface area contributed by atoms with Crippen molar-refractivity contribution in [2.75, 3.05) is 19.6 Å². The number of unbranched alkanes of at least 4 members (excludes halogenated alkanes) is 4. The van der Waals surface area contributed by atoms with Crippen LogP contribution in [0.4, 0.5) is 0 Å². The second-order valence-electron chi connectivity index (χ2n) is 7.84. The molecule has 0 bridgehead atoms. The summed E-state index contributed by atoms with van der Waals surface area (Å²) in [6.45, 7) is 10.9. The lowest BCUT2D eigenvalue weighted by Gasteiger charge is -2.53. The van der Waals surface area contributed by atoms with Gasteiger partial charge in [0.1, 0.15) is 0 Å². The van der Waals surface area contributed by atoms with Crippen molar-refractivity contribution >= 4 is 0 Å². The smallest absolute Gasteiger partial charge is 0.0309 e. The maximum Gasteiger partial charge on any atom is 0.0309 e. The van der Waals surface area contributed by atoms with Crippen molar-refractivity contribution in [3.8, 4) is 0 Å². The van der Waals surface area contributed by atoms with Crippen molar-refractivity contribution in [3.05, 3.63) is 0 Å². The van der Waals surface area contributed by atoms with Gasteiger partial charge in [-0.15, -0.1) is 0 Å². The highest BCUT2D eigenvalue weighted by Crippen LogP contribution is 2.34. The van der Waals surface area contributed by atoms with Crippen LogP contribution >= 0.6 is 0 Å². The molecule has 2 heteroatoms. The molecule has 118 valence electrons. The quantitative estimate of drug-likeness (QED) is 0.728. The summed E-state index contributed by atoms with van der Waals surface area (Å²) in [6.07, 6.45) is 14.1. The summed E-state index contributed by atoms with van der Waals surface area (Å²) in [4.78, 5) is 2.79. The van der Waals surface area contributed by atoms with Gasteiger partial charge < -0.3 is 5.32 Å². The van der Waals surface area contributed by atoms with Crippen molar-refractivity contribution in [2.45, 2.75) is 96.1 Å². The van der Waals surface area contributed by atoms with Gasteiger partial charge in [0.25, 0.3) is 0 Å². The summed E-state index contributed by atoms with van der Waals surface area (Å²) in [5, 5.41) is 3.92. The van der Waals surface area contributed by atoms with Crippen LogP contribution in [-0.4, -0.2) is 35.6 Å². The first-order valence-electron chi connectivity index (χ1n) is 9.08. The average molecular weight is 280 g/mol. The molecule has 1 saturated carbocycles. The summed E-state index contributed by atoms with van der Waals surface area (Å²) in [5.41, 5.74) is 0.796. The number of hydrogen-bond acceptors (Lipinski definition) is 2. The molecule has 0 aromatic heterocycles. The van der Waals surface area contributed by atoms with E-state index in [1.165, 1.54) is 83.8 Å². The van der Waals surface area contributed by atoms with E-state index < -0.39 is 0 Å². The minimum absolute atomic E-state index is 0.341. The molecule has 1 spiro atoms. The Bertz CT molecular complexity index is 279. The molecule has 0 amide bonds. The predicted octanol–water partition coefficient (Wildman–Crippen LogP) is 4.34. The molecule has 2 nitrogen and oxygen atoms in total. The molecule has 0 unspecified atom stereocenters. The van der Waals surface area contributed by atoms with E-state index in [0.717, 1.165) is 0 Å². The molecule has 1 N–H and O–H groups in total. The monoisotopic (exact) mass is 280 g/mol. The SMILES string of the molecule is CCCCCCCN1CC2(CCCCC2)NCC1(C)C. The van der Waals surface area contributed by atoms with Crippen LogP contribution in [0.5, 0.6) is 0 Å². The molecule has 0 atom stereocenters. The first kappa shape index (κ1) is 16.3. The Morgan fingerprint density at radius 1 is 0.950 bits per heavy atom. The summed E-state index contributed by atoms with van der Waals surface area (Å²) in [5.74, 6) is 0. The van der Waals surface area contributed by atoms with Crippen LogP contribution in [0.1, 0.15) is 85.0 Å². The van der Waals surface area contributed by atoms with Crippen molar-refractivity contribution in [3.63, 3.8) is 0 Å². The van der Waals surface area contributed by atoms with E-state index in [-0.39, 0.29) is 0 Å². The summed E-state index contributed by atoms with van der Waals surface area (Å²) < 4.78 is 0. The van der Waals surface area contributed by atoms with Crippen LogP contribution in [0.25, 0.3) is 0 Å². The third-order valence-corrected chi connectivity index (χ3v) is 5.59. The molecule has 20 heavy (non-hydrogen) atoms. The van der Waals surface area contributed by atoms with E-state index in [4.69, 9.17) is 0 Å². The lowest BCUT2D eigenvalue weighted by atomic mass is 9.77. The Hall–Kier alpha value is -0.0800. The normalized spacial score (nSPS) is 25.9. The van der Waals surface area contributed by atoms with Crippen LogP contribution in [-0.2, 0) is 0 Å². The van der Waals surface area contributed by atoms with E-state index in [0.29, 0.717) is 11.1 Å². The van der Waals surface area contributed by atoms with Crippen molar-refractivity contribution in [1.29, 1.82) is 0 Å². The fourth-order valence-corrected chi connectivity index (χ4v) is 4.00. The zero-order valence-corrected chi connectivity index (χ0v) is 14.1. The molecule has 1 saturated heterocycles. The second kappa shape index (κ2) is 7.26. The molecule has 0 aromatic carbocycles. The fraction of sp³-hybridized carbons (Fsp3) is 1.00. The number of hydrogen-bond donors (Lipinski definition) is 1. The third kappa shape index (κ3) is 4.21. The maximum atomic E-state index is 3.92. The molecule has 1 aliphatic carbocycles. The summed E-state index contributed by atoms with van der Waals surface area (Å²) in [6, 6.07) is 0. The molecule has 2 fully saturated rings. The topological polar surface area (TPSA) is 15.3 Å². The van der Waals surface area contributed by atoms with Gasteiger partial charge in [-0.2, -0.15) is 0 Å². The maximum absolute atomic E-state index is 3.92.